The second-order valence-electron chi connectivity index (χ2n) is 3.66. The third-order valence-corrected chi connectivity index (χ3v) is 3.59. The molecule has 0 amide bonds. The Labute approximate surface area is 91.8 Å². The summed E-state index contributed by atoms with van der Waals surface area (Å²) in [5.74, 6) is 1.84. The number of benzene rings is 1. The Morgan fingerprint density at radius 2 is 2.29 bits per heavy atom. The summed E-state index contributed by atoms with van der Waals surface area (Å²) in [6.07, 6.45) is 4.77. The van der Waals surface area contributed by atoms with Gasteiger partial charge in [-0.25, -0.2) is 0 Å². The van der Waals surface area contributed by atoms with Gasteiger partial charge in [0.1, 0.15) is 5.75 Å². The molecule has 0 aliphatic heterocycles. The van der Waals surface area contributed by atoms with Crippen molar-refractivity contribution >= 4 is 26.3 Å². The molecule has 1 aliphatic rings. The van der Waals surface area contributed by atoms with E-state index in [2.05, 4.69) is 33.7 Å². The van der Waals surface area contributed by atoms with E-state index in [1.807, 2.05) is 0 Å². The molecule has 2 rings (SSSR count). The quantitative estimate of drug-likeness (QED) is 0.576. The van der Waals surface area contributed by atoms with Crippen molar-refractivity contribution in [2.75, 3.05) is 12.9 Å². The average molecular weight is 226 g/mol. The molecule has 1 aliphatic carbocycles. The third kappa shape index (κ3) is 2.65. The molecule has 1 atom stereocenters. The number of hydrogen-bond acceptors (Lipinski definition) is 2. The van der Waals surface area contributed by atoms with Crippen molar-refractivity contribution in [1.82, 2.24) is 0 Å². The van der Waals surface area contributed by atoms with E-state index in [1.54, 1.807) is 11.8 Å². The maximum absolute atomic E-state index is 5.77. The molecule has 76 valence electrons. The first-order chi connectivity index (χ1) is 6.79. The number of rotatable bonds is 4. The van der Waals surface area contributed by atoms with Gasteiger partial charge in [-0.15, -0.1) is 21.0 Å². The van der Waals surface area contributed by atoms with E-state index in [0.717, 1.165) is 23.6 Å². The molecule has 1 fully saturated rings. The molecule has 1 nitrogen and oxygen atoms in total. The molecule has 1 aromatic rings. The summed E-state index contributed by atoms with van der Waals surface area (Å²) in [5, 5.41) is 1.16. The fourth-order valence-corrected chi connectivity index (χ4v) is 1.95. The Kier molecular flexibility index (Phi) is 3.35. The van der Waals surface area contributed by atoms with Crippen molar-refractivity contribution in [3.63, 3.8) is 0 Å². The minimum Gasteiger partial charge on any atom is -0.493 e. The zero-order valence-corrected chi connectivity index (χ0v) is 10.3. The highest BCUT2D eigenvalue weighted by Crippen LogP contribution is 2.30. The van der Waals surface area contributed by atoms with Crippen LogP contribution < -0.4 is 10.0 Å². The number of ether oxygens (including phenoxy) is 1. The molecule has 0 N–H and O–H groups in total. The zero-order valence-electron chi connectivity index (χ0n) is 8.32. The van der Waals surface area contributed by atoms with Crippen molar-refractivity contribution in [3.05, 3.63) is 18.2 Å². The van der Waals surface area contributed by atoms with Crippen LogP contribution in [-0.2, 0) is 0 Å². The standard InChI is InChI=1S/C11H15OPS/c1-14-9-4-5-11(13)10(6-9)12-7-8-2-3-8/h4-6,8H,2-3,7,13H2,1H3. The van der Waals surface area contributed by atoms with E-state index in [1.165, 1.54) is 17.7 Å². The summed E-state index contributed by atoms with van der Waals surface area (Å²) in [5.41, 5.74) is 0. The molecular formula is C11H15OPS. The molecule has 0 radical (unpaired) electrons. The molecular weight excluding hydrogens is 211 g/mol. The Morgan fingerprint density at radius 3 is 2.93 bits per heavy atom. The summed E-state index contributed by atoms with van der Waals surface area (Å²) < 4.78 is 5.77. The molecule has 3 heteroatoms. The third-order valence-electron chi connectivity index (χ3n) is 2.39. The Balaban J connectivity index is 2.04. The van der Waals surface area contributed by atoms with E-state index in [9.17, 15) is 0 Å². The predicted octanol–water partition coefficient (Wildman–Crippen LogP) is 2.70. The van der Waals surface area contributed by atoms with Gasteiger partial charge in [0.15, 0.2) is 0 Å². The Hall–Kier alpha value is -0.200. The highest BCUT2D eigenvalue weighted by Gasteiger charge is 2.22. The molecule has 0 bridgehead atoms. The first-order valence-electron chi connectivity index (χ1n) is 4.86. The first-order valence-corrected chi connectivity index (χ1v) is 6.66. The number of thioether (sulfide) groups is 1. The van der Waals surface area contributed by atoms with Crippen LogP contribution in [0.5, 0.6) is 5.75 Å². The van der Waals surface area contributed by atoms with Crippen molar-refractivity contribution in [1.29, 1.82) is 0 Å². The molecule has 0 saturated heterocycles. The van der Waals surface area contributed by atoms with E-state index < -0.39 is 0 Å². The summed E-state index contributed by atoms with van der Waals surface area (Å²) in [7, 11) is 2.72. The van der Waals surface area contributed by atoms with Crippen LogP contribution in [0.1, 0.15) is 12.8 Å². The van der Waals surface area contributed by atoms with Crippen molar-refractivity contribution in [3.8, 4) is 5.75 Å². The fourth-order valence-electron chi connectivity index (χ4n) is 1.26. The summed E-state index contributed by atoms with van der Waals surface area (Å²) in [4.78, 5) is 1.27. The van der Waals surface area contributed by atoms with Crippen molar-refractivity contribution in [2.24, 2.45) is 5.92 Å². The topological polar surface area (TPSA) is 9.23 Å². The molecule has 1 aromatic carbocycles. The van der Waals surface area contributed by atoms with Crippen LogP contribution >= 0.6 is 21.0 Å². The van der Waals surface area contributed by atoms with Gasteiger partial charge in [-0.05, 0) is 37.1 Å². The van der Waals surface area contributed by atoms with E-state index in [-0.39, 0.29) is 0 Å². The van der Waals surface area contributed by atoms with E-state index >= 15 is 0 Å². The van der Waals surface area contributed by atoms with Gasteiger partial charge in [0.25, 0.3) is 0 Å². The van der Waals surface area contributed by atoms with Gasteiger partial charge in [0.2, 0.25) is 0 Å². The molecule has 0 aromatic heterocycles. The van der Waals surface area contributed by atoms with E-state index in [0.29, 0.717) is 0 Å². The fraction of sp³-hybridized carbons (Fsp3) is 0.455. The minimum atomic E-state index is 0.817. The van der Waals surface area contributed by atoms with E-state index in [4.69, 9.17) is 4.74 Å². The zero-order chi connectivity index (χ0) is 9.97. The monoisotopic (exact) mass is 226 g/mol. The van der Waals surface area contributed by atoms with Crippen molar-refractivity contribution in [2.45, 2.75) is 17.7 Å². The summed E-state index contributed by atoms with van der Waals surface area (Å²) in [6, 6.07) is 6.34. The van der Waals surface area contributed by atoms with Crippen LogP contribution in [0, 0.1) is 5.92 Å². The van der Waals surface area contributed by atoms with Crippen LogP contribution in [-0.4, -0.2) is 12.9 Å². The van der Waals surface area contributed by atoms with Gasteiger partial charge < -0.3 is 4.74 Å². The minimum absolute atomic E-state index is 0.817. The normalized spacial score (nSPS) is 15.6. The summed E-state index contributed by atoms with van der Waals surface area (Å²) in [6.45, 7) is 0.888. The lowest BCUT2D eigenvalue weighted by Gasteiger charge is -2.09. The summed E-state index contributed by atoms with van der Waals surface area (Å²) >= 11 is 1.75. The molecule has 0 spiro atoms. The maximum atomic E-state index is 5.77. The lowest BCUT2D eigenvalue weighted by atomic mass is 10.3. The van der Waals surface area contributed by atoms with Gasteiger partial charge in [0.05, 0.1) is 6.61 Å². The Morgan fingerprint density at radius 1 is 1.50 bits per heavy atom. The van der Waals surface area contributed by atoms with Gasteiger partial charge in [0, 0.05) is 10.2 Å². The van der Waals surface area contributed by atoms with Crippen LogP contribution in [0.3, 0.4) is 0 Å². The highest BCUT2D eigenvalue weighted by molar-refractivity contribution is 7.98. The highest BCUT2D eigenvalue weighted by atomic mass is 32.2. The molecule has 14 heavy (non-hydrogen) atoms. The van der Waals surface area contributed by atoms with Crippen LogP contribution in [0.4, 0.5) is 0 Å². The van der Waals surface area contributed by atoms with Gasteiger partial charge in [-0.2, -0.15) is 0 Å². The lowest BCUT2D eigenvalue weighted by molar-refractivity contribution is 0.301. The number of hydrogen-bond donors (Lipinski definition) is 0. The van der Waals surface area contributed by atoms with Crippen LogP contribution in [0.25, 0.3) is 0 Å². The molecule has 1 saturated carbocycles. The van der Waals surface area contributed by atoms with Gasteiger partial charge in [-0.3, -0.25) is 0 Å². The molecule has 0 heterocycles. The van der Waals surface area contributed by atoms with Crippen molar-refractivity contribution < 1.29 is 4.74 Å². The first kappa shape index (κ1) is 10.3. The molecule has 1 unspecified atom stereocenters. The van der Waals surface area contributed by atoms with Crippen LogP contribution in [0.2, 0.25) is 0 Å². The SMILES string of the molecule is CSc1ccc(P)c(OCC2CC2)c1. The van der Waals surface area contributed by atoms with Crippen LogP contribution in [0.15, 0.2) is 23.1 Å². The second kappa shape index (κ2) is 4.55. The van der Waals surface area contributed by atoms with Gasteiger partial charge >= 0.3 is 0 Å². The largest absolute Gasteiger partial charge is 0.493 e. The Bertz CT molecular complexity index is 323. The smallest absolute Gasteiger partial charge is 0.127 e. The lowest BCUT2D eigenvalue weighted by Crippen LogP contribution is -2.05. The van der Waals surface area contributed by atoms with Gasteiger partial charge in [-0.1, -0.05) is 6.07 Å². The predicted molar refractivity (Wildman–Crippen MR) is 65.8 cm³/mol. The average Bonchev–Trinajstić information content (AvgIpc) is 3.00. The maximum Gasteiger partial charge on any atom is 0.127 e. The second-order valence-corrected chi connectivity index (χ2v) is 5.16.